The van der Waals surface area contributed by atoms with Gasteiger partial charge >= 0.3 is 0 Å². The minimum absolute atomic E-state index is 0.0964. The molecular formula is C11H17FN2. The van der Waals surface area contributed by atoms with Crippen LogP contribution in [0.25, 0.3) is 0 Å². The molecule has 0 fully saturated rings. The lowest BCUT2D eigenvalue weighted by atomic mass is 10.0. The van der Waals surface area contributed by atoms with Gasteiger partial charge in [0.2, 0.25) is 0 Å². The van der Waals surface area contributed by atoms with Crippen LogP contribution >= 0.6 is 0 Å². The van der Waals surface area contributed by atoms with E-state index >= 15 is 0 Å². The first kappa shape index (κ1) is 11.0. The lowest BCUT2D eigenvalue weighted by molar-refractivity contribution is 0.625. The van der Waals surface area contributed by atoms with Crippen LogP contribution in [-0.2, 0) is 6.42 Å². The minimum Gasteiger partial charge on any atom is -0.377 e. The van der Waals surface area contributed by atoms with Gasteiger partial charge in [-0.25, -0.2) is 4.39 Å². The Bertz CT molecular complexity index is 308. The van der Waals surface area contributed by atoms with Crippen molar-refractivity contribution in [1.82, 2.24) is 0 Å². The van der Waals surface area contributed by atoms with Gasteiger partial charge in [0.15, 0.2) is 0 Å². The lowest BCUT2D eigenvalue weighted by Gasteiger charge is -2.18. The van der Waals surface area contributed by atoms with Crippen molar-refractivity contribution in [2.75, 3.05) is 19.0 Å². The molecule has 0 unspecified atom stereocenters. The maximum Gasteiger partial charge on any atom is 0.125 e. The third-order valence-electron chi connectivity index (χ3n) is 2.07. The van der Waals surface area contributed by atoms with E-state index in [1.165, 1.54) is 12.1 Å². The van der Waals surface area contributed by atoms with Crippen molar-refractivity contribution in [1.29, 1.82) is 0 Å². The van der Waals surface area contributed by atoms with Gasteiger partial charge in [0.05, 0.1) is 0 Å². The maximum absolute atomic E-state index is 13.0. The minimum atomic E-state index is -0.206. The van der Waals surface area contributed by atoms with Crippen LogP contribution in [0.1, 0.15) is 12.5 Å². The number of anilines is 1. The Hall–Kier alpha value is -1.09. The van der Waals surface area contributed by atoms with Crippen molar-refractivity contribution in [3.63, 3.8) is 0 Å². The first-order chi connectivity index (χ1) is 6.50. The van der Waals surface area contributed by atoms with Gasteiger partial charge in [0, 0.05) is 25.8 Å². The molecular weight excluding hydrogens is 179 g/mol. The zero-order valence-corrected chi connectivity index (χ0v) is 8.92. The Morgan fingerprint density at radius 2 is 2.07 bits per heavy atom. The zero-order valence-electron chi connectivity index (χ0n) is 8.92. The quantitative estimate of drug-likeness (QED) is 0.798. The van der Waals surface area contributed by atoms with E-state index in [0.717, 1.165) is 17.7 Å². The summed E-state index contributed by atoms with van der Waals surface area (Å²) in [5.41, 5.74) is 7.71. The third-order valence-corrected chi connectivity index (χ3v) is 2.07. The van der Waals surface area contributed by atoms with Gasteiger partial charge in [-0.15, -0.1) is 0 Å². The van der Waals surface area contributed by atoms with Gasteiger partial charge in [-0.2, -0.15) is 0 Å². The van der Waals surface area contributed by atoms with Gasteiger partial charge in [0.25, 0.3) is 0 Å². The van der Waals surface area contributed by atoms with E-state index < -0.39 is 0 Å². The second kappa shape index (κ2) is 4.42. The number of rotatable bonds is 3. The van der Waals surface area contributed by atoms with Crippen molar-refractivity contribution in [2.45, 2.75) is 19.4 Å². The molecule has 1 aromatic carbocycles. The molecule has 0 bridgehead atoms. The SMILES string of the molecule is C[C@@H](N)Cc1ccc(F)cc1N(C)C. The number of nitrogens with two attached hydrogens (primary N) is 1. The number of hydrogen-bond acceptors (Lipinski definition) is 2. The number of hydrogen-bond donors (Lipinski definition) is 1. The molecule has 1 atom stereocenters. The summed E-state index contributed by atoms with van der Waals surface area (Å²) in [7, 11) is 3.80. The Kier molecular flexibility index (Phi) is 3.47. The molecule has 0 saturated heterocycles. The maximum atomic E-state index is 13.0. The molecule has 1 aromatic rings. The standard InChI is InChI=1S/C11H17FN2/c1-8(13)6-9-4-5-10(12)7-11(9)14(2)3/h4-5,7-8H,6,13H2,1-3H3/t8-/m1/s1. The van der Waals surface area contributed by atoms with Crippen LogP contribution in [0.5, 0.6) is 0 Å². The summed E-state index contributed by atoms with van der Waals surface area (Å²) in [5.74, 6) is -0.206. The van der Waals surface area contributed by atoms with E-state index in [9.17, 15) is 4.39 Å². The first-order valence-corrected chi connectivity index (χ1v) is 4.72. The van der Waals surface area contributed by atoms with Crippen LogP contribution in [0.3, 0.4) is 0 Å². The largest absolute Gasteiger partial charge is 0.377 e. The number of nitrogens with zero attached hydrogens (tertiary/aromatic N) is 1. The van der Waals surface area contributed by atoms with Gasteiger partial charge in [-0.3, -0.25) is 0 Å². The van der Waals surface area contributed by atoms with Crippen molar-refractivity contribution in [2.24, 2.45) is 5.73 Å². The van der Waals surface area contributed by atoms with Crippen molar-refractivity contribution >= 4 is 5.69 Å². The van der Waals surface area contributed by atoms with Crippen LogP contribution in [0.4, 0.5) is 10.1 Å². The molecule has 0 saturated carbocycles. The van der Waals surface area contributed by atoms with Crippen molar-refractivity contribution < 1.29 is 4.39 Å². The van der Waals surface area contributed by atoms with Gasteiger partial charge in [-0.05, 0) is 31.0 Å². The molecule has 14 heavy (non-hydrogen) atoms. The van der Waals surface area contributed by atoms with Gasteiger partial charge < -0.3 is 10.6 Å². The molecule has 0 aromatic heterocycles. The Labute approximate surface area is 84.5 Å². The van der Waals surface area contributed by atoms with Crippen LogP contribution < -0.4 is 10.6 Å². The highest BCUT2D eigenvalue weighted by Crippen LogP contribution is 2.20. The van der Waals surface area contributed by atoms with Crippen molar-refractivity contribution in [3.05, 3.63) is 29.6 Å². The summed E-state index contributed by atoms with van der Waals surface area (Å²) >= 11 is 0. The van der Waals surface area contributed by atoms with E-state index in [-0.39, 0.29) is 11.9 Å². The Morgan fingerprint density at radius 1 is 1.43 bits per heavy atom. The highest BCUT2D eigenvalue weighted by atomic mass is 19.1. The fourth-order valence-electron chi connectivity index (χ4n) is 1.47. The van der Waals surface area contributed by atoms with Gasteiger partial charge in [-0.1, -0.05) is 6.07 Å². The first-order valence-electron chi connectivity index (χ1n) is 4.72. The predicted molar refractivity (Wildman–Crippen MR) is 58.1 cm³/mol. The molecule has 3 heteroatoms. The molecule has 0 amide bonds. The molecule has 2 nitrogen and oxygen atoms in total. The van der Waals surface area contributed by atoms with Gasteiger partial charge in [0.1, 0.15) is 5.82 Å². The molecule has 0 aliphatic heterocycles. The summed E-state index contributed by atoms with van der Waals surface area (Å²) in [6.07, 6.45) is 0.772. The van der Waals surface area contributed by atoms with E-state index in [1.807, 2.05) is 25.9 Å². The molecule has 0 spiro atoms. The Balaban J connectivity index is 3.02. The van der Waals surface area contributed by atoms with E-state index in [2.05, 4.69) is 0 Å². The monoisotopic (exact) mass is 196 g/mol. The predicted octanol–water partition coefficient (Wildman–Crippen LogP) is 1.78. The third kappa shape index (κ3) is 2.70. The topological polar surface area (TPSA) is 29.3 Å². The Morgan fingerprint density at radius 3 is 2.57 bits per heavy atom. The average Bonchev–Trinajstić information content (AvgIpc) is 2.07. The average molecular weight is 196 g/mol. The van der Waals surface area contributed by atoms with Crippen LogP contribution in [0, 0.1) is 5.82 Å². The summed E-state index contributed by atoms with van der Waals surface area (Å²) in [6, 6.07) is 4.91. The summed E-state index contributed by atoms with van der Waals surface area (Å²) in [4.78, 5) is 1.90. The molecule has 1 rings (SSSR count). The lowest BCUT2D eigenvalue weighted by Crippen LogP contribution is -2.20. The van der Waals surface area contributed by atoms with E-state index in [1.54, 1.807) is 6.07 Å². The molecule has 2 N–H and O–H groups in total. The second-order valence-electron chi connectivity index (χ2n) is 3.85. The number of benzene rings is 1. The second-order valence-corrected chi connectivity index (χ2v) is 3.85. The highest BCUT2D eigenvalue weighted by molar-refractivity contribution is 5.53. The van der Waals surface area contributed by atoms with Crippen LogP contribution in [0.15, 0.2) is 18.2 Å². The van der Waals surface area contributed by atoms with E-state index in [4.69, 9.17) is 5.73 Å². The fourth-order valence-corrected chi connectivity index (χ4v) is 1.47. The zero-order chi connectivity index (χ0) is 10.7. The summed E-state index contributed by atoms with van der Waals surface area (Å²) < 4.78 is 13.0. The molecule has 0 aliphatic rings. The fraction of sp³-hybridized carbons (Fsp3) is 0.455. The summed E-state index contributed by atoms with van der Waals surface area (Å²) in [5, 5.41) is 0. The van der Waals surface area contributed by atoms with Crippen molar-refractivity contribution in [3.8, 4) is 0 Å². The van der Waals surface area contributed by atoms with Crippen LogP contribution in [-0.4, -0.2) is 20.1 Å². The molecule has 78 valence electrons. The summed E-state index contributed by atoms with van der Waals surface area (Å²) in [6.45, 7) is 1.95. The smallest absolute Gasteiger partial charge is 0.125 e. The molecule has 0 heterocycles. The van der Waals surface area contributed by atoms with E-state index in [0.29, 0.717) is 0 Å². The molecule has 0 radical (unpaired) electrons. The van der Waals surface area contributed by atoms with Crippen LogP contribution in [0.2, 0.25) is 0 Å². The number of halogens is 1. The highest BCUT2D eigenvalue weighted by Gasteiger charge is 2.07. The molecule has 0 aliphatic carbocycles. The normalized spacial score (nSPS) is 12.6.